The van der Waals surface area contributed by atoms with Gasteiger partial charge in [-0.3, -0.25) is 0 Å². The molecule has 0 radical (unpaired) electrons. The molecule has 0 spiro atoms. The van der Waals surface area contributed by atoms with Crippen LogP contribution in [0.1, 0.15) is 32.1 Å². The Morgan fingerprint density at radius 1 is 1.40 bits per heavy atom. The van der Waals surface area contributed by atoms with Crippen molar-refractivity contribution in [3.8, 4) is 0 Å². The molecule has 2 N–H and O–H groups in total. The van der Waals surface area contributed by atoms with E-state index in [0.29, 0.717) is 24.7 Å². The summed E-state index contributed by atoms with van der Waals surface area (Å²) >= 11 is 1.46. The van der Waals surface area contributed by atoms with Gasteiger partial charge in [-0.25, -0.2) is 13.1 Å². The normalized spacial score (nSPS) is 13.6. The average Bonchev–Trinajstić information content (AvgIpc) is 2.86. The van der Waals surface area contributed by atoms with Crippen molar-refractivity contribution in [2.75, 3.05) is 19.8 Å². The minimum Gasteiger partial charge on any atom is -0.380 e. The molecule has 7 heteroatoms. The molecular weight excluding hydrogens is 296 g/mol. The zero-order valence-electron chi connectivity index (χ0n) is 12.3. The maximum absolute atomic E-state index is 12.2. The number of nitrogens with one attached hydrogen (secondary N) is 2. The zero-order valence-corrected chi connectivity index (χ0v) is 13.9. The van der Waals surface area contributed by atoms with E-state index in [1.54, 1.807) is 18.4 Å². The van der Waals surface area contributed by atoms with Crippen molar-refractivity contribution in [1.82, 2.24) is 10.0 Å². The van der Waals surface area contributed by atoms with Crippen LogP contribution in [0, 0.1) is 0 Å². The first-order chi connectivity index (χ1) is 9.49. The van der Waals surface area contributed by atoms with Crippen molar-refractivity contribution in [1.29, 1.82) is 0 Å². The smallest absolute Gasteiger partial charge is 0.241 e. The molecule has 0 saturated carbocycles. The fraction of sp³-hybridized carbons (Fsp3) is 0.692. The highest BCUT2D eigenvalue weighted by Crippen LogP contribution is 2.19. The topological polar surface area (TPSA) is 67.4 Å². The molecule has 116 valence electrons. The number of hydrogen-bond donors (Lipinski definition) is 2. The van der Waals surface area contributed by atoms with Crippen molar-refractivity contribution in [2.45, 2.75) is 44.7 Å². The number of sulfonamides is 1. The van der Waals surface area contributed by atoms with E-state index in [9.17, 15) is 8.42 Å². The fourth-order valence-electron chi connectivity index (χ4n) is 1.64. The summed E-state index contributed by atoms with van der Waals surface area (Å²) in [6, 6.07) is 1.49. The molecule has 1 aromatic rings. The van der Waals surface area contributed by atoms with Crippen LogP contribution in [0.5, 0.6) is 0 Å². The largest absolute Gasteiger partial charge is 0.380 e. The molecule has 1 aromatic heterocycles. The molecule has 20 heavy (non-hydrogen) atoms. The van der Waals surface area contributed by atoms with Crippen LogP contribution in [0.2, 0.25) is 0 Å². The monoisotopic (exact) mass is 320 g/mol. The van der Waals surface area contributed by atoms with E-state index in [1.165, 1.54) is 11.3 Å². The minimum absolute atomic E-state index is 0.235. The van der Waals surface area contributed by atoms with Gasteiger partial charge in [-0.05, 0) is 32.9 Å². The zero-order chi connectivity index (χ0) is 15.0. The Bertz CT molecular complexity index is 486. The summed E-state index contributed by atoms with van der Waals surface area (Å²) < 4.78 is 32.2. The Morgan fingerprint density at radius 3 is 2.80 bits per heavy atom. The molecule has 0 fully saturated rings. The molecule has 0 aliphatic rings. The standard InChI is InChI=1S/C13H24N2O3S2/c1-4-6-14-8-12-7-13(10-19-12)20(16,17)15-11(3)9-18-5-2/h7,10-11,14-15H,4-6,8-9H2,1-3H3. The molecular formula is C13H24N2O3S2. The summed E-state index contributed by atoms with van der Waals surface area (Å²) in [5, 5.41) is 4.94. The van der Waals surface area contributed by atoms with E-state index >= 15 is 0 Å². The maximum Gasteiger partial charge on any atom is 0.241 e. The number of thiophene rings is 1. The predicted molar refractivity (Wildman–Crippen MR) is 82.6 cm³/mol. The molecule has 0 aliphatic carbocycles. The summed E-state index contributed by atoms with van der Waals surface area (Å²) in [5.74, 6) is 0. The van der Waals surface area contributed by atoms with Crippen LogP contribution in [0.4, 0.5) is 0 Å². The van der Waals surface area contributed by atoms with Gasteiger partial charge in [0.2, 0.25) is 10.0 Å². The Balaban J connectivity index is 2.59. The molecule has 0 amide bonds. The first-order valence-electron chi connectivity index (χ1n) is 6.87. The van der Waals surface area contributed by atoms with E-state index in [0.717, 1.165) is 17.8 Å². The second kappa shape index (κ2) is 8.74. The number of hydrogen-bond acceptors (Lipinski definition) is 5. The van der Waals surface area contributed by atoms with E-state index in [2.05, 4.69) is 17.0 Å². The molecule has 5 nitrogen and oxygen atoms in total. The van der Waals surface area contributed by atoms with Crippen LogP contribution >= 0.6 is 11.3 Å². The third kappa shape index (κ3) is 5.88. The van der Waals surface area contributed by atoms with E-state index in [1.807, 2.05) is 6.92 Å². The second-order valence-electron chi connectivity index (χ2n) is 4.61. The third-order valence-corrected chi connectivity index (χ3v) is 5.25. The molecule has 0 aromatic carbocycles. The average molecular weight is 320 g/mol. The van der Waals surface area contributed by atoms with Gasteiger partial charge in [-0.15, -0.1) is 11.3 Å². The van der Waals surface area contributed by atoms with Crippen molar-refractivity contribution in [2.24, 2.45) is 0 Å². The second-order valence-corrected chi connectivity index (χ2v) is 7.32. The molecule has 1 heterocycles. The van der Waals surface area contributed by atoms with E-state index < -0.39 is 10.0 Å². The maximum atomic E-state index is 12.2. The summed E-state index contributed by atoms with van der Waals surface area (Å²) in [7, 11) is -3.45. The van der Waals surface area contributed by atoms with Crippen molar-refractivity contribution < 1.29 is 13.2 Å². The van der Waals surface area contributed by atoms with Gasteiger partial charge in [0, 0.05) is 29.5 Å². The van der Waals surface area contributed by atoms with Crippen LogP contribution in [0.25, 0.3) is 0 Å². The molecule has 1 unspecified atom stereocenters. The predicted octanol–water partition coefficient (Wildman–Crippen LogP) is 1.95. The molecule has 1 atom stereocenters. The Labute approximate surface area is 125 Å². The highest BCUT2D eigenvalue weighted by molar-refractivity contribution is 7.89. The third-order valence-electron chi connectivity index (χ3n) is 2.59. The Morgan fingerprint density at radius 2 is 2.15 bits per heavy atom. The van der Waals surface area contributed by atoms with Crippen LogP contribution in [0.15, 0.2) is 16.3 Å². The van der Waals surface area contributed by atoms with Crippen molar-refractivity contribution in [3.63, 3.8) is 0 Å². The lowest BCUT2D eigenvalue weighted by molar-refractivity contribution is 0.133. The van der Waals surface area contributed by atoms with Gasteiger partial charge in [-0.2, -0.15) is 0 Å². The summed E-state index contributed by atoms with van der Waals surface area (Å²) in [4.78, 5) is 1.36. The van der Waals surface area contributed by atoms with Gasteiger partial charge in [0.25, 0.3) is 0 Å². The first-order valence-corrected chi connectivity index (χ1v) is 9.24. The van der Waals surface area contributed by atoms with Gasteiger partial charge in [0.15, 0.2) is 0 Å². The van der Waals surface area contributed by atoms with Gasteiger partial charge < -0.3 is 10.1 Å². The van der Waals surface area contributed by atoms with E-state index in [-0.39, 0.29) is 6.04 Å². The Hall–Kier alpha value is -0.470. The highest BCUT2D eigenvalue weighted by atomic mass is 32.2. The van der Waals surface area contributed by atoms with Crippen LogP contribution in [-0.4, -0.2) is 34.2 Å². The summed E-state index contributed by atoms with van der Waals surface area (Å²) in [6.45, 7) is 8.38. The molecule has 0 saturated heterocycles. The fourth-order valence-corrected chi connectivity index (χ4v) is 4.12. The van der Waals surface area contributed by atoms with Crippen LogP contribution < -0.4 is 10.0 Å². The van der Waals surface area contributed by atoms with Gasteiger partial charge in [0.1, 0.15) is 0 Å². The van der Waals surface area contributed by atoms with Crippen molar-refractivity contribution in [3.05, 3.63) is 16.3 Å². The van der Waals surface area contributed by atoms with Gasteiger partial charge in [-0.1, -0.05) is 6.92 Å². The van der Waals surface area contributed by atoms with Crippen molar-refractivity contribution >= 4 is 21.4 Å². The number of ether oxygens (including phenoxy) is 1. The molecule has 1 rings (SSSR count). The molecule has 0 aliphatic heterocycles. The van der Waals surface area contributed by atoms with Gasteiger partial charge >= 0.3 is 0 Å². The van der Waals surface area contributed by atoms with Gasteiger partial charge in [0.05, 0.1) is 11.5 Å². The number of rotatable bonds is 10. The highest BCUT2D eigenvalue weighted by Gasteiger charge is 2.18. The SMILES string of the molecule is CCCNCc1cc(S(=O)(=O)NC(C)COCC)cs1. The van der Waals surface area contributed by atoms with Crippen LogP contribution in [0.3, 0.4) is 0 Å². The minimum atomic E-state index is -3.45. The Kier molecular flexibility index (Phi) is 7.68. The quantitative estimate of drug-likeness (QED) is 0.647. The van der Waals surface area contributed by atoms with Crippen LogP contribution in [-0.2, 0) is 21.3 Å². The summed E-state index contributed by atoms with van der Waals surface area (Å²) in [6.07, 6.45) is 1.06. The van der Waals surface area contributed by atoms with E-state index in [4.69, 9.17) is 4.74 Å². The lowest BCUT2D eigenvalue weighted by Gasteiger charge is -2.13. The molecule has 0 bridgehead atoms. The lowest BCUT2D eigenvalue weighted by Crippen LogP contribution is -2.35. The summed E-state index contributed by atoms with van der Waals surface area (Å²) in [5.41, 5.74) is 0. The lowest BCUT2D eigenvalue weighted by atomic mass is 10.4. The first kappa shape index (κ1) is 17.6.